The van der Waals surface area contributed by atoms with Crippen LogP contribution in [-0.4, -0.2) is 0 Å². The van der Waals surface area contributed by atoms with E-state index in [0.29, 0.717) is 0 Å². The van der Waals surface area contributed by atoms with Crippen LogP contribution in [0.3, 0.4) is 0 Å². The van der Waals surface area contributed by atoms with Crippen LogP contribution < -0.4 is 4.90 Å². The van der Waals surface area contributed by atoms with E-state index in [2.05, 4.69) is 211 Å². The predicted octanol–water partition coefficient (Wildman–Crippen LogP) is 14.9. The van der Waals surface area contributed by atoms with E-state index in [9.17, 15) is 0 Å². The molecule has 0 aliphatic carbocycles. The monoisotopic (exact) mass is 689 g/mol. The van der Waals surface area contributed by atoms with Gasteiger partial charge in [0.1, 0.15) is 11.2 Å². The van der Waals surface area contributed by atoms with Crippen molar-refractivity contribution in [3.05, 3.63) is 212 Å². The molecule has 0 unspecified atom stereocenters. The van der Waals surface area contributed by atoms with Gasteiger partial charge in [0.25, 0.3) is 0 Å². The van der Waals surface area contributed by atoms with Gasteiger partial charge < -0.3 is 9.32 Å². The lowest BCUT2D eigenvalue weighted by atomic mass is 9.99. The lowest BCUT2D eigenvalue weighted by Crippen LogP contribution is -2.11. The fourth-order valence-corrected chi connectivity index (χ4v) is 7.76. The summed E-state index contributed by atoms with van der Waals surface area (Å²) in [6, 6.07) is 75.8. The SMILES string of the molecule is c1ccc(-c2ccccc2N(c2ccc(-c3ccc4ccccc4c3)cc2)c2ccc(-c3ccc4oc5c(-c6ccccc6)cccc5c4c3)cc2)cc1. The molecule has 2 heteroatoms. The van der Waals surface area contributed by atoms with Crippen molar-refractivity contribution in [1.29, 1.82) is 0 Å². The van der Waals surface area contributed by atoms with Crippen LogP contribution in [0.1, 0.15) is 0 Å². The van der Waals surface area contributed by atoms with Crippen molar-refractivity contribution in [2.75, 3.05) is 4.90 Å². The number of rotatable bonds is 7. The molecular weight excluding hydrogens is 655 g/mol. The highest BCUT2D eigenvalue weighted by Gasteiger charge is 2.18. The van der Waals surface area contributed by atoms with Gasteiger partial charge in [-0.15, -0.1) is 0 Å². The number of para-hydroxylation sites is 2. The van der Waals surface area contributed by atoms with E-state index in [4.69, 9.17) is 4.42 Å². The van der Waals surface area contributed by atoms with Gasteiger partial charge in [0.15, 0.2) is 0 Å². The van der Waals surface area contributed by atoms with Gasteiger partial charge in [-0.3, -0.25) is 0 Å². The molecule has 0 aliphatic rings. The van der Waals surface area contributed by atoms with Crippen molar-refractivity contribution in [2.24, 2.45) is 0 Å². The fraction of sp³-hybridized carbons (Fsp3) is 0. The first-order valence-electron chi connectivity index (χ1n) is 18.4. The lowest BCUT2D eigenvalue weighted by Gasteiger charge is -2.28. The van der Waals surface area contributed by atoms with Gasteiger partial charge >= 0.3 is 0 Å². The zero-order valence-electron chi connectivity index (χ0n) is 29.6. The topological polar surface area (TPSA) is 16.4 Å². The Balaban J connectivity index is 1.05. The Morgan fingerprint density at radius 2 is 0.852 bits per heavy atom. The molecule has 0 N–H and O–H groups in total. The van der Waals surface area contributed by atoms with Crippen LogP contribution in [0.5, 0.6) is 0 Å². The summed E-state index contributed by atoms with van der Waals surface area (Å²) in [5.41, 5.74) is 14.4. The number of hydrogen-bond acceptors (Lipinski definition) is 2. The van der Waals surface area contributed by atoms with Gasteiger partial charge in [-0.1, -0.05) is 164 Å². The Hall–Kier alpha value is -7.16. The van der Waals surface area contributed by atoms with E-state index in [-0.39, 0.29) is 0 Å². The Morgan fingerprint density at radius 3 is 1.56 bits per heavy atom. The average molecular weight is 690 g/mol. The van der Waals surface area contributed by atoms with Crippen LogP contribution >= 0.6 is 0 Å². The van der Waals surface area contributed by atoms with Crippen molar-refractivity contribution >= 4 is 49.8 Å². The molecule has 0 amide bonds. The Morgan fingerprint density at radius 1 is 0.315 bits per heavy atom. The van der Waals surface area contributed by atoms with Crippen LogP contribution in [-0.2, 0) is 0 Å². The molecule has 0 aliphatic heterocycles. The molecule has 0 atom stereocenters. The van der Waals surface area contributed by atoms with Crippen molar-refractivity contribution in [1.82, 2.24) is 0 Å². The standard InChI is InChI=1S/C52H35NO/c1-3-13-39(14-4-1)46-18-9-10-21-50(46)53(44-29-24-37(25-30-44)42-23-22-36-12-7-8-17-41(36)34-42)45-31-26-38(27-32-45)43-28-33-51-49(35-43)48-20-11-19-47(52(48)54-51)40-15-5-2-6-16-40/h1-35H. The smallest absolute Gasteiger partial charge is 0.143 e. The molecule has 1 aromatic heterocycles. The molecule has 10 rings (SSSR count). The normalized spacial score (nSPS) is 11.3. The molecule has 54 heavy (non-hydrogen) atoms. The van der Waals surface area contributed by atoms with Gasteiger partial charge in [-0.2, -0.15) is 0 Å². The van der Waals surface area contributed by atoms with Crippen LogP contribution in [0, 0.1) is 0 Å². The molecule has 0 bridgehead atoms. The molecule has 254 valence electrons. The highest BCUT2D eigenvalue weighted by atomic mass is 16.3. The quantitative estimate of drug-likeness (QED) is 0.166. The van der Waals surface area contributed by atoms with E-state index in [0.717, 1.165) is 61.3 Å². The van der Waals surface area contributed by atoms with E-state index >= 15 is 0 Å². The lowest BCUT2D eigenvalue weighted by molar-refractivity contribution is 0.670. The zero-order valence-corrected chi connectivity index (χ0v) is 29.6. The predicted molar refractivity (Wildman–Crippen MR) is 228 cm³/mol. The molecule has 1 heterocycles. The zero-order chi connectivity index (χ0) is 35.8. The summed E-state index contributed by atoms with van der Waals surface area (Å²) in [5, 5.41) is 4.74. The fourth-order valence-electron chi connectivity index (χ4n) is 7.76. The summed E-state index contributed by atoms with van der Waals surface area (Å²) < 4.78 is 6.47. The van der Waals surface area contributed by atoms with Crippen LogP contribution in [0.25, 0.3) is 77.2 Å². The third-order valence-corrected chi connectivity index (χ3v) is 10.5. The molecular formula is C52H35NO. The minimum Gasteiger partial charge on any atom is -0.455 e. The number of hydrogen-bond donors (Lipinski definition) is 0. The van der Waals surface area contributed by atoms with Crippen molar-refractivity contribution in [3.63, 3.8) is 0 Å². The van der Waals surface area contributed by atoms with Crippen LogP contribution in [0.2, 0.25) is 0 Å². The second-order valence-electron chi connectivity index (χ2n) is 13.7. The minimum atomic E-state index is 0.893. The Bertz CT molecular complexity index is 2910. The summed E-state index contributed by atoms with van der Waals surface area (Å²) >= 11 is 0. The average Bonchev–Trinajstić information content (AvgIpc) is 3.63. The molecule has 9 aromatic carbocycles. The van der Waals surface area contributed by atoms with Crippen molar-refractivity contribution in [2.45, 2.75) is 0 Å². The van der Waals surface area contributed by atoms with E-state index in [1.54, 1.807) is 0 Å². The number of benzene rings is 9. The highest BCUT2D eigenvalue weighted by Crippen LogP contribution is 2.43. The molecule has 0 radical (unpaired) electrons. The summed E-state index contributed by atoms with van der Waals surface area (Å²) in [6.45, 7) is 0. The summed E-state index contributed by atoms with van der Waals surface area (Å²) in [6.07, 6.45) is 0. The molecule has 10 aromatic rings. The molecule has 0 spiro atoms. The second kappa shape index (κ2) is 13.4. The maximum Gasteiger partial charge on any atom is 0.143 e. The molecule has 0 saturated heterocycles. The van der Waals surface area contributed by atoms with Gasteiger partial charge in [0.05, 0.1) is 5.69 Å². The summed E-state index contributed by atoms with van der Waals surface area (Å²) in [5.74, 6) is 0. The van der Waals surface area contributed by atoms with E-state index in [1.807, 2.05) is 6.07 Å². The Labute approximate surface area is 314 Å². The van der Waals surface area contributed by atoms with Gasteiger partial charge in [-0.05, 0) is 92.7 Å². The summed E-state index contributed by atoms with van der Waals surface area (Å²) in [4.78, 5) is 2.37. The summed E-state index contributed by atoms with van der Waals surface area (Å²) in [7, 11) is 0. The first-order chi connectivity index (χ1) is 26.8. The van der Waals surface area contributed by atoms with Gasteiger partial charge in [-0.25, -0.2) is 0 Å². The van der Waals surface area contributed by atoms with E-state index < -0.39 is 0 Å². The first kappa shape index (κ1) is 31.6. The van der Waals surface area contributed by atoms with Gasteiger partial charge in [0, 0.05) is 33.3 Å². The van der Waals surface area contributed by atoms with Crippen molar-refractivity contribution < 1.29 is 4.42 Å². The van der Waals surface area contributed by atoms with Crippen molar-refractivity contribution in [3.8, 4) is 44.5 Å². The Kier molecular flexibility index (Phi) is 7.85. The largest absolute Gasteiger partial charge is 0.455 e. The second-order valence-corrected chi connectivity index (χ2v) is 13.7. The third-order valence-electron chi connectivity index (χ3n) is 10.5. The molecule has 0 fully saturated rings. The van der Waals surface area contributed by atoms with Crippen LogP contribution in [0.4, 0.5) is 17.1 Å². The first-order valence-corrected chi connectivity index (χ1v) is 18.4. The number of fused-ring (bicyclic) bond motifs is 4. The van der Waals surface area contributed by atoms with E-state index in [1.165, 1.54) is 33.0 Å². The molecule has 2 nitrogen and oxygen atoms in total. The maximum absolute atomic E-state index is 6.47. The number of furan rings is 1. The molecule has 0 saturated carbocycles. The van der Waals surface area contributed by atoms with Crippen LogP contribution in [0.15, 0.2) is 217 Å². The highest BCUT2D eigenvalue weighted by molar-refractivity contribution is 6.10. The third kappa shape index (κ3) is 5.71. The van der Waals surface area contributed by atoms with Gasteiger partial charge in [0.2, 0.25) is 0 Å². The minimum absolute atomic E-state index is 0.893. The maximum atomic E-state index is 6.47. The number of nitrogens with zero attached hydrogens (tertiary/aromatic N) is 1. The number of anilines is 3.